The van der Waals surface area contributed by atoms with Crippen molar-refractivity contribution in [3.05, 3.63) is 58.9 Å². The van der Waals surface area contributed by atoms with Crippen LogP contribution in [-0.2, 0) is 20.7 Å². The van der Waals surface area contributed by atoms with E-state index in [0.29, 0.717) is 6.42 Å². The van der Waals surface area contributed by atoms with Gasteiger partial charge >= 0.3 is 5.97 Å². The topological polar surface area (TPSA) is 68.3 Å². The molecule has 0 saturated carbocycles. The third-order valence-electron chi connectivity index (χ3n) is 3.64. The zero-order chi connectivity index (χ0) is 18.5. The average Bonchev–Trinajstić information content (AvgIpc) is 3.03. The summed E-state index contributed by atoms with van der Waals surface area (Å²) >= 11 is 1.53. The van der Waals surface area contributed by atoms with Crippen LogP contribution in [0.3, 0.4) is 0 Å². The Morgan fingerprint density at radius 2 is 2.04 bits per heavy atom. The third-order valence-corrected chi connectivity index (χ3v) is 4.74. The molecule has 0 aliphatic heterocycles. The van der Waals surface area contributed by atoms with Crippen LogP contribution in [0.1, 0.15) is 17.0 Å². The molecule has 0 unspecified atom stereocenters. The van der Waals surface area contributed by atoms with Crippen LogP contribution in [-0.4, -0.2) is 23.5 Å². The fraction of sp³-hybridized carbons (Fsp3) is 0.211. The molecule has 0 atom stereocenters. The van der Waals surface area contributed by atoms with Crippen LogP contribution in [0, 0.1) is 12.7 Å². The molecule has 3 rings (SSSR count). The van der Waals surface area contributed by atoms with Crippen LogP contribution in [0.15, 0.2) is 42.5 Å². The van der Waals surface area contributed by atoms with Crippen molar-refractivity contribution in [2.75, 3.05) is 11.9 Å². The number of carbonyl (C=O) groups excluding carboxylic acids is 2. The summed E-state index contributed by atoms with van der Waals surface area (Å²) in [5.74, 6) is -1.61. The highest BCUT2D eigenvalue weighted by atomic mass is 32.1. The Balaban J connectivity index is 1.45. The summed E-state index contributed by atoms with van der Waals surface area (Å²) in [4.78, 5) is 28.0. The molecule has 7 heteroatoms. The molecule has 1 aromatic heterocycles. The molecule has 26 heavy (non-hydrogen) atoms. The Kier molecular flexibility index (Phi) is 5.58. The number of anilines is 1. The molecule has 0 radical (unpaired) electrons. The van der Waals surface area contributed by atoms with E-state index in [1.165, 1.54) is 23.5 Å². The normalized spacial score (nSPS) is 10.7. The highest BCUT2D eigenvalue weighted by molar-refractivity contribution is 7.18. The van der Waals surface area contributed by atoms with Crippen LogP contribution < -0.4 is 5.32 Å². The quantitative estimate of drug-likeness (QED) is 0.667. The number of aromatic nitrogens is 1. The maximum atomic E-state index is 13.7. The van der Waals surface area contributed by atoms with Crippen LogP contribution in [0.4, 0.5) is 10.1 Å². The van der Waals surface area contributed by atoms with Gasteiger partial charge in [-0.2, -0.15) is 0 Å². The van der Waals surface area contributed by atoms with Crippen molar-refractivity contribution in [1.29, 1.82) is 0 Å². The Labute approximate surface area is 153 Å². The van der Waals surface area contributed by atoms with Crippen molar-refractivity contribution >= 4 is 39.1 Å². The second-order valence-electron chi connectivity index (χ2n) is 5.77. The monoisotopic (exact) mass is 372 g/mol. The predicted molar refractivity (Wildman–Crippen MR) is 98.7 cm³/mol. The lowest BCUT2D eigenvalue weighted by atomic mass is 10.2. The number of aryl methyl sites for hydroxylation is 2. The summed E-state index contributed by atoms with van der Waals surface area (Å²) in [5.41, 5.74) is 1.72. The van der Waals surface area contributed by atoms with Gasteiger partial charge in [-0.3, -0.25) is 9.59 Å². The summed E-state index contributed by atoms with van der Waals surface area (Å²) in [5, 5.41) is 3.22. The number of para-hydroxylation sites is 1. The average molecular weight is 372 g/mol. The van der Waals surface area contributed by atoms with E-state index in [9.17, 15) is 14.0 Å². The number of ether oxygens (including phenoxy) is 1. The Bertz CT molecular complexity index is 922. The predicted octanol–water partition coefficient (Wildman–Crippen LogP) is 3.86. The van der Waals surface area contributed by atoms with E-state index in [4.69, 9.17) is 4.74 Å². The van der Waals surface area contributed by atoms with Gasteiger partial charge in [0, 0.05) is 6.42 Å². The number of thiazole rings is 1. The van der Waals surface area contributed by atoms with Crippen molar-refractivity contribution in [3.63, 3.8) is 0 Å². The summed E-state index contributed by atoms with van der Waals surface area (Å²) in [6, 6.07) is 12.2. The van der Waals surface area contributed by atoms with Gasteiger partial charge in [0.1, 0.15) is 5.82 Å². The molecular weight excluding hydrogens is 355 g/mol. The highest BCUT2D eigenvalue weighted by Gasteiger charge is 2.12. The molecule has 0 fully saturated rings. The molecule has 134 valence electrons. The zero-order valence-corrected chi connectivity index (χ0v) is 14.9. The number of esters is 1. The number of nitrogens with one attached hydrogen (secondary N) is 1. The first-order chi connectivity index (χ1) is 12.5. The van der Waals surface area contributed by atoms with Gasteiger partial charge in [0.15, 0.2) is 6.61 Å². The standard InChI is InChI=1S/C19H17FN2O3S/c1-12-6-7-14(13(20)10-12)21-17(23)11-25-19(24)9-8-18-22-15-4-2-3-5-16(15)26-18/h2-7,10H,8-9,11H2,1H3,(H,21,23). The zero-order valence-electron chi connectivity index (χ0n) is 14.1. The van der Waals surface area contributed by atoms with Gasteiger partial charge in [0.2, 0.25) is 0 Å². The fourth-order valence-corrected chi connectivity index (χ4v) is 3.33. The van der Waals surface area contributed by atoms with Gasteiger partial charge in [0.25, 0.3) is 5.91 Å². The van der Waals surface area contributed by atoms with E-state index < -0.39 is 24.3 Å². The second kappa shape index (κ2) is 8.05. The number of carbonyl (C=O) groups is 2. The molecule has 1 heterocycles. The summed E-state index contributed by atoms with van der Waals surface area (Å²) in [6.07, 6.45) is 0.582. The Morgan fingerprint density at radius 1 is 1.23 bits per heavy atom. The lowest BCUT2D eigenvalue weighted by molar-refractivity contribution is -0.147. The molecule has 2 aromatic carbocycles. The Hall–Kier alpha value is -2.80. The van der Waals surface area contributed by atoms with Crippen molar-refractivity contribution in [2.24, 2.45) is 0 Å². The number of amides is 1. The largest absolute Gasteiger partial charge is 0.456 e. The maximum absolute atomic E-state index is 13.7. The van der Waals surface area contributed by atoms with E-state index in [2.05, 4.69) is 10.3 Å². The van der Waals surface area contributed by atoms with Gasteiger partial charge in [0.05, 0.1) is 27.3 Å². The molecule has 1 amide bonds. The first-order valence-electron chi connectivity index (χ1n) is 8.07. The SMILES string of the molecule is Cc1ccc(NC(=O)COC(=O)CCc2nc3ccccc3s2)c(F)c1. The summed E-state index contributed by atoms with van der Waals surface area (Å²) in [7, 11) is 0. The van der Waals surface area contributed by atoms with E-state index in [1.807, 2.05) is 24.3 Å². The number of benzene rings is 2. The molecule has 3 aromatic rings. The minimum absolute atomic E-state index is 0.0612. The minimum Gasteiger partial charge on any atom is -0.456 e. The van der Waals surface area contributed by atoms with Crippen LogP contribution in [0.2, 0.25) is 0 Å². The van der Waals surface area contributed by atoms with Gasteiger partial charge in [-0.15, -0.1) is 11.3 Å². The molecule has 0 aliphatic rings. The minimum atomic E-state index is -0.582. The van der Waals surface area contributed by atoms with Crippen molar-refractivity contribution < 1.29 is 18.7 Å². The highest BCUT2D eigenvalue weighted by Crippen LogP contribution is 2.22. The molecular formula is C19H17FN2O3S. The maximum Gasteiger partial charge on any atom is 0.306 e. The van der Waals surface area contributed by atoms with Gasteiger partial charge in [-0.05, 0) is 36.8 Å². The number of hydrogen-bond acceptors (Lipinski definition) is 5. The van der Waals surface area contributed by atoms with E-state index in [0.717, 1.165) is 20.8 Å². The number of rotatable bonds is 6. The molecule has 0 aliphatic carbocycles. The lowest BCUT2D eigenvalue weighted by Crippen LogP contribution is -2.21. The molecule has 5 nitrogen and oxygen atoms in total. The number of nitrogens with zero attached hydrogens (tertiary/aromatic N) is 1. The fourth-order valence-electron chi connectivity index (χ4n) is 2.36. The van der Waals surface area contributed by atoms with E-state index in [-0.39, 0.29) is 12.1 Å². The number of hydrogen-bond donors (Lipinski definition) is 1. The molecule has 0 bridgehead atoms. The van der Waals surface area contributed by atoms with E-state index in [1.54, 1.807) is 13.0 Å². The smallest absolute Gasteiger partial charge is 0.306 e. The lowest BCUT2D eigenvalue weighted by Gasteiger charge is -2.07. The number of halogens is 1. The van der Waals surface area contributed by atoms with Gasteiger partial charge in [-0.1, -0.05) is 18.2 Å². The molecule has 1 N–H and O–H groups in total. The Morgan fingerprint density at radius 3 is 2.81 bits per heavy atom. The first-order valence-corrected chi connectivity index (χ1v) is 8.89. The van der Waals surface area contributed by atoms with E-state index >= 15 is 0 Å². The van der Waals surface area contributed by atoms with Crippen LogP contribution in [0.25, 0.3) is 10.2 Å². The third kappa shape index (κ3) is 4.64. The second-order valence-corrected chi connectivity index (χ2v) is 6.88. The van der Waals surface area contributed by atoms with Crippen molar-refractivity contribution in [3.8, 4) is 0 Å². The van der Waals surface area contributed by atoms with Gasteiger partial charge < -0.3 is 10.1 Å². The van der Waals surface area contributed by atoms with Crippen molar-refractivity contribution in [1.82, 2.24) is 4.98 Å². The number of fused-ring (bicyclic) bond motifs is 1. The summed E-state index contributed by atoms with van der Waals surface area (Å²) < 4.78 is 19.7. The first kappa shape index (κ1) is 18.0. The molecule has 0 saturated heterocycles. The van der Waals surface area contributed by atoms with Crippen LogP contribution >= 0.6 is 11.3 Å². The summed E-state index contributed by atoms with van der Waals surface area (Å²) in [6.45, 7) is 1.30. The molecule has 0 spiro atoms. The van der Waals surface area contributed by atoms with Crippen LogP contribution in [0.5, 0.6) is 0 Å². The van der Waals surface area contributed by atoms with Gasteiger partial charge in [-0.25, -0.2) is 9.37 Å². The van der Waals surface area contributed by atoms with Crippen molar-refractivity contribution in [2.45, 2.75) is 19.8 Å².